The van der Waals surface area contributed by atoms with Crippen LogP contribution in [0.5, 0.6) is 0 Å². The first-order valence-electron chi connectivity index (χ1n) is 8.62. The third-order valence-corrected chi connectivity index (χ3v) is 4.81. The highest BCUT2D eigenvalue weighted by Gasteiger charge is 2.24. The molecule has 1 aliphatic heterocycles. The van der Waals surface area contributed by atoms with Crippen LogP contribution in [0.3, 0.4) is 0 Å². The Morgan fingerprint density at radius 2 is 1.96 bits per heavy atom. The largest absolute Gasteiger partial charge is 0.444 e. The van der Waals surface area contributed by atoms with E-state index in [1.165, 1.54) is 0 Å². The molecule has 0 bridgehead atoms. The maximum absolute atomic E-state index is 12.4. The summed E-state index contributed by atoms with van der Waals surface area (Å²) in [4.78, 5) is 25.9. The lowest BCUT2D eigenvalue weighted by atomic mass is 9.97. The van der Waals surface area contributed by atoms with E-state index in [-0.39, 0.29) is 6.03 Å². The van der Waals surface area contributed by atoms with Crippen LogP contribution in [-0.4, -0.2) is 42.3 Å². The van der Waals surface area contributed by atoms with E-state index in [0.29, 0.717) is 36.3 Å². The van der Waals surface area contributed by atoms with Gasteiger partial charge in [0.1, 0.15) is 5.60 Å². The van der Waals surface area contributed by atoms with Crippen molar-refractivity contribution >= 4 is 45.3 Å². The van der Waals surface area contributed by atoms with Gasteiger partial charge in [-0.3, -0.25) is 0 Å². The van der Waals surface area contributed by atoms with Gasteiger partial charge >= 0.3 is 12.1 Å². The molecule has 1 aliphatic rings. The number of nitrogens with zero attached hydrogens (tertiary/aromatic N) is 1. The zero-order chi connectivity index (χ0) is 19.3. The summed E-state index contributed by atoms with van der Waals surface area (Å²) < 4.78 is 6.09. The predicted molar refractivity (Wildman–Crippen MR) is 107 cm³/mol. The van der Waals surface area contributed by atoms with Crippen molar-refractivity contribution in [3.8, 4) is 0 Å². The SMILES string of the molecule is CC(C)(C)OC(=O)NCC1CCN(C(=O)Nc2ccc(Br)cc2Cl)CC1. The Labute approximate surface area is 167 Å². The maximum Gasteiger partial charge on any atom is 0.407 e. The molecular formula is C18H25BrClN3O3. The molecule has 1 saturated heterocycles. The van der Waals surface area contributed by atoms with Crippen molar-refractivity contribution in [2.75, 3.05) is 25.0 Å². The Morgan fingerprint density at radius 3 is 2.54 bits per heavy atom. The van der Waals surface area contributed by atoms with Crippen LogP contribution in [0.2, 0.25) is 5.02 Å². The van der Waals surface area contributed by atoms with Gasteiger partial charge in [0.25, 0.3) is 0 Å². The van der Waals surface area contributed by atoms with Crippen LogP contribution in [0.25, 0.3) is 0 Å². The van der Waals surface area contributed by atoms with Crippen molar-refractivity contribution in [1.82, 2.24) is 10.2 Å². The Hall–Kier alpha value is -1.47. The second-order valence-electron chi connectivity index (χ2n) is 7.37. The summed E-state index contributed by atoms with van der Waals surface area (Å²) in [6.07, 6.45) is 1.26. The van der Waals surface area contributed by atoms with Gasteiger partial charge in [-0.1, -0.05) is 27.5 Å². The van der Waals surface area contributed by atoms with Crippen LogP contribution in [0.4, 0.5) is 15.3 Å². The fourth-order valence-corrected chi connectivity index (χ4v) is 3.39. The van der Waals surface area contributed by atoms with Gasteiger partial charge in [0.05, 0.1) is 10.7 Å². The molecule has 2 rings (SSSR count). The molecule has 0 saturated carbocycles. The molecule has 6 nitrogen and oxygen atoms in total. The predicted octanol–water partition coefficient (Wildman–Crippen LogP) is 4.87. The monoisotopic (exact) mass is 445 g/mol. The number of urea groups is 1. The van der Waals surface area contributed by atoms with Crippen LogP contribution >= 0.6 is 27.5 Å². The molecule has 0 unspecified atom stereocenters. The van der Waals surface area contributed by atoms with Crippen molar-refractivity contribution in [2.24, 2.45) is 5.92 Å². The third kappa shape index (κ3) is 6.68. The molecule has 0 aliphatic carbocycles. The topological polar surface area (TPSA) is 70.7 Å². The highest BCUT2D eigenvalue weighted by molar-refractivity contribution is 9.10. The fraction of sp³-hybridized carbons (Fsp3) is 0.556. The zero-order valence-corrected chi connectivity index (χ0v) is 17.6. The normalized spacial score (nSPS) is 15.5. The number of halogens is 2. The van der Waals surface area contributed by atoms with Gasteiger partial charge in [0, 0.05) is 24.1 Å². The van der Waals surface area contributed by atoms with E-state index in [9.17, 15) is 9.59 Å². The van der Waals surface area contributed by atoms with E-state index in [0.717, 1.165) is 17.3 Å². The number of nitrogens with one attached hydrogen (secondary N) is 2. The average molecular weight is 447 g/mol. The van der Waals surface area contributed by atoms with Gasteiger partial charge in [-0.25, -0.2) is 9.59 Å². The van der Waals surface area contributed by atoms with Crippen molar-refractivity contribution in [1.29, 1.82) is 0 Å². The van der Waals surface area contributed by atoms with Gasteiger partial charge in [0.2, 0.25) is 0 Å². The summed E-state index contributed by atoms with van der Waals surface area (Å²) in [5.74, 6) is 0.336. The van der Waals surface area contributed by atoms with Gasteiger partial charge in [-0.15, -0.1) is 0 Å². The number of amides is 3. The van der Waals surface area contributed by atoms with Crippen molar-refractivity contribution in [2.45, 2.75) is 39.2 Å². The Bertz CT molecular complexity index is 656. The first kappa shape index (κ1) is 20.8. The second-order valence-corrected chi connectivity index (χ2v) is 8.69. The number of benzene rings is 1. The van der Waals surface area contributed by atoms with Gasteiger partial charge in [-0.05, 0) is 57.7 Å². The summed E-state index contributed by atoms with van der Waals surface area (Å²) in [7, 11) is 0. The third-order valence-electron chi connectivity index (χ3n) is 4.01. The van der Waals surface area contributed by atoms with Gasteiger partial charge in [-0.2, -0.15) is 0 Å². The number of carbonyl (C=O) groups excluding carboxylic acids is 2. The smallest absolute Gasteiger partial charge is 0.407 e. The Kier molecular flexibility index (Phi) is 7.17. The maximum atomic E-state index is 12.4. The number of hydrogen-bond donors (Lipinski definition) is 2. The number of ether oxygens (including phenoxy) is 1. The standard InChI is InChI=1S/C18H25BrClN3O3/c1-18(2,3)26-17(25)21-11-12-6-8-23(9-7-12)16(24)22-15-5-4-13(19)10-14(15)20/h4-5,10,12H,6-9,11H2,1-3H3,(H,21,25)(H,22,24). The van der Waals surface area contributed by atoms with Crippen LogP contribution in [-0.2, 0) is 4.74 Å². The molecule has 0 atom stereocenters. The number of carbonyl (C=O) groups is 2. The molecule has 1 aromatic carbocycles. The van der Waals surface area contributed by atoms with Crippen molar-refractivity contribution < 1.29 is 14.3 Å². The summed E-state index contributed by atoms with van der Waals surface area (Å²) in [5, 5.41) is 6.14. The molecule has 3 amide bonds. The molecule has 1 heterocycles. The summed E-state index contributed by atoms with van der Waals surface area (Å²) in [6, 6.07) is 5.18. The van der Waals surface area contributed by atoms with Crippen LogP contribution in [0, 0.1) is 5.92 Å². The molecule has 1 fully saturated rings. The molecule has 8 heteroatoms. The van der Waals surface area contributed by atoms with E-state index < -0.39 is 11.7 Å². The molecule has 26 heavy (non-hydrogen) atoms. The first-order valence-corrected chi connectivity index (χ1v) is 9.79. The number of likely N-dealkylation sites (tertiary alicyclic amines) is 1. The first-order chi connectivity index (χ1) is 12.1. The molecule has 0 radical (unpaired) electrons. The van der Waals surface area contributed by atoms with Crippen molar-refractivity contribution in [3.05, 3.63) is 27.7 Å². The van der Waals surface area contributed by atoms with Gasteiger partial charge in [0.15, 0.2) is 0 Å². The highest BCUT2D eigenvalue weighted by atomic mass is 79.9. The number of piperidine rings is 1. The fourth-order valence-electron chi connectivity index (χ4n) is 2.67. The summed E-state index contributed by atoms with van der Waals surface area (Å²) in [6.45, 7) is 7.34. The van der Waals surface area contributed by atoms with E-state index in [4.69, 9.17) is 16.3 Å². The van der Waals surface area contributed by atoms with E-state index in [1.54, 1.807) is 17.0 Å². The molecule has 144 valence electrons. The van der Waals surface area contributed by atoms with Gasteiger partial charge < -0.3 is 20.3 Å². The van der Waals surface area contributed by atoms with E-state index in [1.807, 2.05) is 26.8 Å². The minimum atomic E-state index is -0.500. The molecule has 0 spiro atoms. The minimum absolute atomic E-state index is 0.159. The van der Waals surface area contributed by atoms with Crippen LogP contribution in [0.15, 0.2) is 22.7 Å². The lowest BCUT2D eigenvalue weighted by Gasteiger charge is -2.32. The minimum Gasteiger partial charge on any atom is -0.444 e. The Balaban J connectivity index is 1.75. The lowest BCUT2D eigenvalue weighted by Crippen LogP contribution is -2.44. The molecule has 1 aromatic rings. The number of hydrogen-bond acceptors (Lipinski definition) is 3. The Morgan fingerprint density at radius 1 is 1.31 bits per heavy atom. The zero-order valence-electron chi connectivity index (χ0n) is 15.3. The molecule has 0 aromatic heterocycles. The number of alkyl carbamates (subject to hydrolysis) is 1. The van der Waals surface area contributed by atoms with Crippen LogP contribution in [0.1, 0.15) is 33.6 Å². The average Bonchev–Trinajstić information content (AvgIpc) is 2.54. The lowest BCUT2D eigenvalue weighted by molar-refractivity contribution is 0.0512. The molecule has 2 N–H and O–H groups in total. The van der Waals surface area contributed by atoms with E-state index in [2.05, 4.69) is 26.6 Å². The highest BCUT2D eigenvalue weighted by Crippen LogP contribution is 2.26. The molecular weight excluding hydrogens is 422 g/mol. The van der Waals surface area contributed by atoms with Crippen LogP contribution < -0.4 is 10.6 Å². The van der Waals surface area contributed by atoms with Crippen molar-refractivity contribution in [3.63, 3.8) is 0 Å². The number of anilines is 1. The summed E-state index contributed by atoms with van der Waals surface area (Å²) >= 11 is 9.48. The second kappa shape index (κ2) is 8.95. The summed E-state index contributed by atoms with van der Waals surface area (Å²) in [5.41, 5.74) is 0.0911. The van der Waals surface area contributed by atoms with E-state index >= 15 is 0 Å². The quantitative estimate of drug-likeness (QED) is 0.696. The number of rotatable bonds is 3.